The molecule has 0 aliphatic carbocycles. The van der Waals surface area contributed by atoms with Crippen molar-refractivity contribution >= 4 is 33.3 Å². The van der Waals surface area contributed by atoms with Crippen LogP contribution < -0.4 is 11.3 Å². The van der Waals surface area contributed by atoms with Crippen LogP contribution in [0.2, 0.25) is 0 Å². The predicted octanol–water partition coefficient (Wildman–Crippen LogP) is -0.678. The number of carbonyl (C=O) groups is 1. The first-order valence-corrected chi connectivity index (χ1v) is 8.92. The van der Waals surface area contributed by atoms with Gasteiger partial charge in [0.15, 0.2) is 21.3 Å². The van der Waals surface area contributed by atoms with E-state index in [2.05, 4.69) is 15.6 Å². The van der Waals surface area contributed by atoms with Crippen molar-refractivity contribution in [2.75, 3.05) is 29.7 Å². The van der Waals surface area contributed by atoms with Crippen molar-refractivity contribution in [3.05, 3.63) is 17.8 Å². The highest BCUT2D eigenvalue weighted by molar-refractivity contribution is 8.00. The number of nitrogens with zero attached hydrogens (tertiary/aromatic N) is 3. The van der Waals surface area contributed by atoms with E-state index < -0.39 is 21.1 Å². The fraction of sp³-hybridized carbons (Fsp3) is 0.500. The molecule has 1 atom stereocenters. The van der Waals surface area contributed by atoms with Gasteiger partial charge in [-0.1, -0.05) is 0 Å². The van der Waals surface area contributed by atoms with Crippen molar-refractivity contribution in [1.82, 2.24) is 15.1 Å². The number of aromatic nitrogens is 2. The summed E-state index contributed by atoms with van der Waals surface area (Å²) >= 11 is 1.52. The SMILES string of the molecule is CS(=O)(=O)C1CSCCN1C(=O)c1ccc(NN)nn1. The number of sulfone groups is 1. The zero-order valence-electron chi connectivity index (χ0n) is 10.8. The monoisotopic (exact) mass is 317 g/mol. The fourth-order valence-electron chi connectivity index (χ4n) is 1.84. The zero-order chi connectivity index (χ0) is 14.8. The Hall–Kier alpha value is -1.39. The van der Waals surface area contributed by atoms with Gasteiger partial charge in [-0.25, -0.2) is 14.3 Å². The molecule has 0 spiro atoms. The summed E-state index contributed by atoms with van der Waals surface area (Å²) in [6.07, 6.45) is 1.14. The lowest BCUT2D eigenvalue weighted by atomic mass is 10.3. The van der Waals surface area contributed by atoms with E-state index in [0.717, 1.165) is 6.26 Å². The van der Waals surface area contributed by atoms with Crippen LogP contribution in [0.4, 0.5) is 5.82 Å². The molecule has 2 heterocycles. The van der Waals surface area contributed by atoms with Crippen LogP contribution in [0.25, 0.3) is 0 Å². The Morgan fingerprint density at radius 1 is 1.50 bits per heavy atom. The minimum Gasteiger partial charge on any atom is -0.319 e. The van der Waals surface area contributed by atoms with Crippen LogP contribution in [-0.4, -0.2) is 59.1 Å². The minimum atomic E-state index is -3.34. The topological polar surface area (TPSA) is 118 Å². The molecule has 1 aliphatic heterocycles. The fourth-order valence-corrected chi connectivity index (χ4v) is 4.65. The van der Waals surface area contributed by atoms with Crippen LogP contribution in [0.15, 0.2) is 12.1 Å². The van der Waals surface area contributed by atoms with Gasteiger partial charge in [-0.2, -0.15) is 11.8 Å². The number of carbonyl (C=O) groups excluding carboxylic acids is 1. The lowest BCUT2D eigenvalue weighted by Crippen LogP contribution is -2.50. The van der Waals surface area contributed by atoms with Crippen molar-refractivity contribution in [2.24, 2.45) is 5.84 Å². The van der Waals surface area contributed by atoms with Gasteiger partial charge in [0, 0.05) is 24.3 Å². The molecule has 0 saturated carbocycles. The molecule has 110 valence electrons. The van der Waals surface area contributed by atoms with Crippen molar-refractivity contribution in [1.29, 1.82) is 0 Å². The number of rotatable bonds is 3. The molecule has 0 bridgehead atoms. The molecule has 1 aromatic heterocycles. The van der Waals surface area contributed by atoms with Crippen LogP contribution in [0, 0.1) is 0 Å². The summed E-state index contributed by atoms with van der Waals surface area (Å²) in [6, 6.07) is 2.97. The Labute approximate surface area is 121 Å². The highest BCUT2D eigenvalue weighted by atomic mass is 32.2. The number of nitrogen functional groups attached to an aromatic ring is 1. The van der Waals surface area contributed by atoms with Crippen LogP contribution in [0.1, 0.15) is 10.5 Å². The van der Waals surface area contributed by atoms with Crippen molar-refractivity contribution in [3.63, 3.8) is 0 Å². The van der Waals surface area contributed by atoms with Gasteiger partial charge in [0.25, 0.3) is 5.91 Å². The molecule has 20 heavy (non-hydrogen) atoms. The second kappa shape index (κ2) is 5.94. The van der Waals surface area contributed by atoms with Gasteiger partial charge < -0.3 is 10.3 Å². The normalized spacial score (nSPS) is 19.7. The summed E-state index contributed by atoms with van der Waals surface area (Å²) in [5.74, 6) is 6.14. The van der Waals surface area contributed by atoms with Gasteiger partial charge in [-0.3, -0.25) is 4.79 Å². The molecule has 1 unspecified atom stereocenters. The van der Waals surface area contributed by atoms with Gasteiger partial charge in [-0.15, -0.1) is 10.2 Å². The molecule has 1 aliphatic rings. The lowest BCUT2D eigenvalue weighted by molar-refractivity contribution is 0.0742. The molecule has 8 nitrogen and oxygen atoms in total. The molecule has 1 amide bonds. The first-order chi connectivity index (χ1) is 9.43. The first-order valence-electron chi connectivity index (χ1n) is 5.81. The third-order valence-electron chi connectivity index (χ3n) is 2.87. The summed E-state index contributed by atoms with van der Waals surface area (Å²) in [4.78, 5) is 13.7. The van der Waals surface area contributed by atoms with E-state index in [0.29, 0.717) is 23.9 Å². The smallest absolute Gasteiger partial charge is 0.275 e. The quantitative estimate of drug-likeness (QED) is 0.556. The molecule has 0 radical (unpaired) electrons. The number of anilines is 1. The molecule has 10 heteroatoms. The highest BCUT2D eigenvalue weighted by Gasteiger charge is 2.35. The Kier molecular flexibility index (Phi) is 4.45. The number of thioether (sulfide) groups is 1. The third-order valence-corrected chi connectivity index (χ3v) is 5.51. The van der Waals surface area contributed by atoms with Gasteiger partial charge in [0.05, 0.1) is 0 Å². The molecule has 1 aromatic rings. The van der Waals surface area contributed by atoms with E-state index in [4.69, 9.17) is 5.84 Å². The van der Waals surface area contributed by atoms with E-state index in [1.807, 2.05) is 0 Å². The summed E-state index contributed by atoms with van der Waals surface area (Å²) in [5, 5.41) is 6.65. The van der Waals surface area contributed by atoms with E-state index in [-0.39, 0.29) is 5.69 Å². The van der Waals surface area contributed by atoms with Crippen LogP contribution >= 0.6 is 11.8 Å². The van der Waals surface area contributed by atoms with Gasteiger partial charge in [-0.05, 0) is 12.1 Å². The second-order valence-corrected chi connectivity index (χ2v) is 7.66. The summed E-state index contributed by atoms with van der Waals surface area (Å²) in [5.41, 5.74) is 2.41. The Morgan fingerprint density at radius 2 is 2.25 bits per heavy atom. The van der Waals surface area contributed by atoms with Crippen molar-refractivity contribution in [2.45, 2.75) is 5.37 Å². The van der Waals surface area contributed by atoms with Gasteiger partial charge in [0.2, 0.25) is 0 Å². The Balaban J connectivity index is 2.25. The van der Waals surface area contributed by atoms with Gasteiger partial charge in [0.1, 0.15) is 5.37 Å². The number of nitrogens with two attached hydrogens (primary N) is 1. The van der Waals surface area contributed by atoms with Crippen LogP contribution in [-0.2, 0) is 9.84 Å². The third kappa shape index (κ3) is 3.19. The number of hydrogen-bond acceptors (Lipinski definition) is 8. The molecule has 2 rings (SSSR count). The number of hydrazine groups is 1. The molecular formula is C10H15N5O3S2. The average molecular weight is 317 g/mol. The lowest BCUT2D eigenvalue weighted by Gasteiger charge is -2.33. The summed E-state index contributed by atoms with van der Waals surface area (Å²) in [6.45, 7) is 0.375. The molecule has 1 fully saturated rings. The molecule has 1 saturated heterocycles. The minimum absolute atomic E-state index is 0.101. The Morgan fingerprint density at radius 3 is 2.80 bits per heavy atom. The molecule has 0 aromatic carbocycles. The van der Waals surface area contributed by atoms with E-state index >= 15 is 0 Å². The largest absolute Gasteiger partial charge is 0.319 e. The zero-order valence-corrected chi connectivity index (χ0v) is 12.4. The summed E-state index contributed by atoms with van der Waals surface area (Å²) in [7, 11) is -3.34. The molecular weight excluding hydrogens is 302 g/mol. The second-order valence-electron chi connectivity index (χ2n) is 4.31. The maximum Gasteiger partial charge on any atom is 0.275 e. The van der Waals surface area contributed by atoms with Crippen LogP contribution in [0.3, 0.4) is 0 Å². The average Bonchev–Trinajstić information content (AvgIpc) is 2.46. The highest BCUT2D eigenvalue weighted by Crippen LogP contribution is 2.22. The number of amides is 1. The maximum atomic E-state index is 12.4. The van der Waals surface area contributed by atoms with Crippen LogP contribution in [0.5, 0.6) is 0 Å². The van der Waals surface area contributed by atoms with Crippen molar-refractivity contribution < 1.29 is 13.2 Å². The van der Waals surface area contributed by atoms with E-state index in [1.54, 1.807) is 0 Å². The standard InChI is InChI=1S/C10H15N5O3S2/c1-20(17,18)9-6-19-5-4-15(9)10(16)7-2-3-8(12-11)14-13-7/h2-3,9H,4-6,11H2,1H3,(H,12,14). The number of hydrogen-bond donors (Lipinski definition) is 2. The molecule has 3 N–H and O–H groups in total. The first kappa shape index (κ1) is 15.0. The van der Waals surface area contributed by atoms with Gasteiger partial charge >= 0.3 is 0 Å². The van der Waals surface area contributed by atoms with E-state index in [1.165, 1.54) is 28.8 Å². The number of nitrogens with one attached hydrogen (secondary N) is 1. The summed E-state index contributed by atoms with van der Waals surface area (Å²) < 4.78 is 23.5. The Bertz CT molecular complexity index is 589. The van der Waals surface area contributed by atoms with Crippen molar-refractivity contribution in [3.8, 4) is 0 Å². The predicted molar refractivity (Wildman–Crippen MR) is 76.8 cm³/mol. The maximum absolute atomic E-state index is 12.4. The van der Waals surface area contributed by atoms with E-state index in [9.17, 15) is 13.2 Å².